The van der Waals surface area contributed by atoms with Crippen LogP contribution in [0.1, 0.15) is 25.3 Å². The maximum Gasteiger partial charge on any atom is 0.330 e. The fourth-order valence-electron chi connectivity index (χ4n) is 3.60. The third kappa shape index (κ3) is 2.09. The summed E-state index contributed by atoms with van der Waals surface area (Å²) in [5.41, 5.74) is 3.80. The van der Waals surface area contributed by atoms with Crippen molar-refractivity contribution >= 4 is 22.1 Å². The van der Waals surface area contributed by atoms with Crippen LogP contribution in [-0.4, -0.2) is 24.3 Å². The lowest BCUT2D eigenvalue weighted by Gasteiger charge is -2.26. The van der Waals surface area contributed by atoms with Gasteiger partial charge in [0.15, 0.2) is 5.65 Å². The number of halogens is 1. The van der Waals surface area contributed by atoms with Crippen molar-refractivity contribution in [2.45, 2.75) is 25.3 Å². The first-order chi connectivity index (χ1) is 12.6. The highest BCUT2D eigenvalue weighted by Gasteiger charge is 2.26. The Hall–Kier alpha value is -3.09. The van der Waals surface area contributed by atoms with Crippen LogP contribution >= 0.6 is 0 Å². The number of hydrogen-bond donors (Lipinski definition) is 0. The van der Waals surface area contributed by atoms with Crippen LogP contribution in [0.5, 0.6) is 0 Å². The maximum atomic E-state index is 13.1. The summed E-state index contributed by atoms with van der Waals surface area (Å²) in [6, 6.07) is 9.02. The first-order valence-electron chi connectivity index (χ1n) is 8.63. The second kappa shape index (κ2) is 5.45. The van der Waals surface area contributed by atoms with E-state index < -0.39 is 5.95 Å². The zero-order chi connectivity index (χ0) is 17.8. The van der Waals surface area contributed by atoms with Crippen molar-refractivity contribution < 1.29 is 4.39 Å². The van der Waals surface area contributed by atoms with Gasteiger partial charge in [-0.25, -0.2) is 9.78 Å². The fraction of sp³-hybridized carbons (Fsp3) is 0.263. The number of hydrogen-bond acceptors (Lipinski definition) is 4. The van der Waals surface area contributed by atoms with E-state index in [1.165, 1.54) is 12.3 Å². The highest BCUT2D eigenvalue weighted by molar-refractivity contribution is 6.02. The largest absolute Gasteiger partial charge is 0.330 e. The molecule has 0 saturated heterocycles. The van der Waals surface area contributed by atoms with Gasteiger partial charge < -0.3 is 0 Å². The van der Waals surface area contributed by atoms with E-state index in [1.807, 2.05) is 22.8 Å². The second-order valence-corrected chi connectivity index (χ2v) is 6.77. The molecule has 6 nitrogen and oxygen atoms in total. The molecule has 0 atom stereocenters. The Morgan fingerprint density at radius 3 is 2.62 bits per heavy atom. The molecular formula is C19H16FN5O. The smallest absolute Gasteiger partial charge is 0.287 e. The molecule has 26 heavy (non-hydrogen) atoms. The van der Waals surface area contributed by atoms with Gasteiger partial charge in [0.25, 0.3) is 0 Å². The van der Waals surface area contributed by atoms with Gasteiger partial charge in [0.1, 0.15) is 5.52 Å². The summed E-state index contributed by atoms with van der Waals surface area (Å²) in [6.07, 6.45) is 4.65. The lowest BCUT2D eigenvalue weighted by molar-refractivity contribution is 0.312. The predicted octanol–water partition coefficient (Wildman–Crippen LogP) is 3.21. The van der Waals surface area contributed by atoms with E-state index in [0.29, 0.717) is 5.65 Å². The average molecular weight is 349 g/mol. The van der Waals surface area contributed by atoms with Crippen molar-refractivity contribution in [1.29, 1.82) is 0 Å². The van der Waals surface area contributed by atoms with E-state index >= 15 is 0 Å². The molecule has 0 amide bonds. The molecule has 1 aliphatic rings. The Labute approximate surface area is 147 Å². The molecule has 1 aliphatic carbocycles. The third-order valence-corrected chi connectivity index (χ3v) is 5.27. The molecule has 5 rings (SSSR count). The molecule has 1 fully saturated rings. The number of nitrogens with zero attached hydrogens (tertiary/aromatic N) is 5. The Bertz CT molecular complexity index is 1200. The molecule has 0 radical (unpaired) electrons. The van der Waals surface area contributed by atoms with E-state index in [0.717, 1.165) is 46.8 Å². The van der Waals surface area contributed by atoms with Gasteiger partial charge in [0.2, 0.25) is 5.95 Å². The molecular weight excluding hydrogens is 333 g/mol. The summed E-state index contributed by atoms with van der Waals surface area (Å²) in [7, 11) is 1.73. The zero-order valence-electron chi connectivity index (χ0n) is 14.2. The number of pyridine rings is 1. The Kier molecular flexibility index (Phi) is 3.19. The molecule has 0 unspecified atom stereocenters. The van der Waals surface area contributed by atoms with Crippen molar-refractivity contribution in [1.82, 2.24) is 24.3 Å². The lowest BCUT2D eigenvalue weighted by Crippen LogP contribution is -2.29. The highest BCUT2D eigenvalue weighted by Crippen LogP contribution is 2.35. The molecule has 3 aromatic heterocycles. The minimum Gasteiger partial charge on any atom is -0.287 e. The number of aromatic nitrogens is 5. The molecule has 0 aliphatic heterocycles. The van der Waals surface area contributed by atoms with Crippen molar-refractivity contribution in [3.8, 4) is 11.1 Å². The molecule has 1 saturated carbocycles. The summed E-state index contributed by atoms with van der Waals surface area (Å²) < 4.78 is 16.6. The molecule has 130 valence electrons. The van der Waals surface area contributed by atoms with Crippen molar-refractivity contribution in [2.75, 3.05) is 0 Å². The first-order valence-corrected chi connectivity index (χ1v) is 8.63. The van der Waals surface area contributed by atoms with E-state index in [2.05, 4.69) is 15.2 Å². The van der Waals surface area contributed by atoms with Crippen LogP contribution in [0.3, 0.4) is 0 Å². The predicted molar refractivity (Wildman–Crippen MR) is 96.4 cm³/mol. The number of rotatable bonds is 2. The van der Waals surface area contributed by atoms with Gasteiger partial charge in [-0.15, -0.1) is 10.2 Å². The summed E-state index contributed by atoms with van der Waals surface area (Å²) in [4.78, 5) is 16.5. The summed E-state index contributed by atoms with van der Waals surface area (Å²) in [5.74, 6) is -0.510. The summed E-state index contributed by atoms with van der Waals surface area (Å²) in [5, 5.41) is 9.43. The van der Waals surface area contributed by atoms with Gasteiger partial charge in [-0.05, 0) is 49.1 Å². The van der Waals surface area contributed by atoms with Crippen LogP contribution in [0.25, 0.3) is 33.2 Å². The van der Waals surface area contributed by atoms with E-state index in [4.69, 9.17) is 0 Å². The number of imidazole rings is 1. The lowest BCUT2D eigenvalue weighted by atomic mass is 9.92. The van der Waals surface area contributed by atoms with E-state index in [1.54, 1.807) is 17.7 Å². The number of fused-ring (bicyclic) bond motifs is 3. The monoisotopic (exact) mass is 349 g/mol. The van der Waals surface area contributed by atoms with Crippen molar-refractivity contribution in [2.24, 2.45) is 7.05 Å². The second-order valence-electron chi connectivity index (χ2n) is 6.77. The topological polar surface area (TPSA) is 65.6 Å². The SMILES string of the molecule is Cn1c(=O)n(C2CCC2)c2c3cc(-c4ccc(F)nc4)ccc3nnc21. The Morgan fingerprint density at radius 2 is 1.92 bits per heavy atom. The van der Waals surface area contributed by atoms with Gasteiger partial charge in [0, 0.05) is 30.2 Å². The van der Waals surface area contributed by atoms with E-state index in [9.17, 15) is 9.18 Å². The summed E-state index contributed by atoms with van der Waals surface area (Å²) in [6.45, 7) is 0. The van der Waals surface area contributed by atoms with Gasteiger partial charge in [-0.2, -0.15) is 4.39 Å². The summed E-state index contributed by atoms with van der Waals surface area (Å²) >= 11 is 0. The molecule has 0 N–H and O–H groups in total. The molecule has 1 aromatic carbocycles. The fourth-order valence-corrected chi connectivity index (χ4v) is 3.60. The quantitative estimate of drug-likeness (QED) is 0.521. The molecule has 7 heteroatoms. The standard InChI is InChI=1S/C19H16FN5O/c1-24-18-17(25(19(24)26)13-3-2-4-13)14-9-11(5-7-15(14)22-23-18)12-6-8-16(20)21-10-12/h5-10,13H,2-4H2,1H3. The number of benzene rings is 1. The van der Waals surface area contributed by atoms with Crippen LogP contribution in [0.4, 0.5) is 4.39 Å². The molecule has 3 heterocycles. The van der Waals surface area contributed by atoms with Crippen LogP contribution in [0.15, 0.2) is 41.3 Å². The minimum atomic E-state index is -0.510. The zero-order valence-corrected chi connectivity index (χ0v) is 14.2. The van der Waals surface area contributed by atoms with Crippen molar-refractivity contribution in [3.05, 3.63) is 53.0 Å². The minimum absolute atomic E-state index is 0.0552. The van der Waals surface area contributed by atoms with Crippen LogP contribution < -0.4 is 5.69 Å². The van der Waals surface area contributed by atoms with Crippen LogP contribution in [0, 0.1) is 5.95 Å². The molecule has 0 spiro atoms. The van der Waals surface area contributed by atoms with Gasteiger partial charge in [-0.3, -0.25) is 9.13 Å². The van der Waals surface area contributed by atoms with Crippen LogP contribution in [0.2, 0.25) is 0 Å². The molecule has 0 bridgehead atoms. The Morgan fingerprint density at radius 1 is 1.12 bits per heavy atom. The average Bonchev–Trinajstić information content (AvgIpc) is 2.86. The highest BCUT2D eigenvalue weighted by atomic mass is 19.1. The van der Waals surface area contributed by atoms with Gasteiger partial charge >= 0.3 is 5.69 Å². The van der Waals surface area contributed by atoms with E-state index in [-0.39, 0.29) is 11.7 Å². The van der Waals surface area contributed by atoms with Crippen molar-refractivity contribution in [3.63, 3.8) is 0 Å². The third-order valence-electron chi connectivity index (χ3n) is 5.27. The van der Waals surface area contributed by atoms with Gasteiger partial charge in [-0.1, -0.05) is 6.07 Å². The normalized spacial score (nSPS) is 14.8. The maximum absolute atomic E-state index is 13.1. The molecule has 4 aromatic rings. The van der Waals surface area contributed by atoms with Crippen LogP contribution in [-0.2, 0) is 7.05 Å². The Balaban J connectivity index is 1.83. The van der Waals surface area contributed by atoms with Gasteiger partial charge in [0.05, 0.1) is 5.52 Å². The first kappa shape index (κ1) is 15.2. The number of aryl methyl sites for hydroxylation is 1.